The number of fused-ring (bicyclic) bond motifs is 1. The molecule has 3 aromatic rings. The number of ether oxygens (including phenoxy) is 3. The van der Waals surface area contributed by atoms with Crippen molar-refractivity contribution in [3.63, 3.8) is 0 Å². The van der Waals surface area contributed by atoms with E-state index >= 15 is 0 Å². The highest BCUT2D eigenvalue weighted by Gasteiger charge is 2.23. The molecule has 0 spiro atoms. The minimum Gasteiger partial charge on any atom is -0.493 e. The van der Waals surface area contributed by atoms with Gasteiger partial charge in [0.1, 0.15) is 12.4 Å². The Morgan fingerprint density at radius 3 is 2.37 bits per heavy atom. The molecular formula is C26H30N4O5. The van der Waals surface area contributed by atoms with Gasteiger partial charge in [-0.25, -0.2) is 4.98 Å². The lowest BCUT2D eigenvalue weighted by Crippen LogP contribution is -2.39. The minimum absolute atomic E-state index is 0.144. The van der Waals surface area contributed by atoms with Crippen LogP contribution >= 0.6 is 0 Å². The van der Waals surface area contributed by atoms with Crippen LogP contribution in [0.1, 0.15) is 22.6 Å². The van der Waals surface area contributed by atoms with Gasteiger partial charge >= 0.3 is 0 Å². The maximum Gasteiger partial charge on any atom is 0.257 e. The van der Waals surface area contributed by atoms with Gasteiger partial charge in [0.2, 0.25) is 11.7 Å². The second-order valence-electron chi connectivity index (χ2n) is 8.38. The van der Waals surface area contributed by atoms with Gasteiger partial charge in [0.15, 0.2) is 11.5 Å². The lowest BCUT2D eigenvalue weighted by molar-refractivity contribution is -0.116. The molecule has 0 atom stereocenters. The number of aromatic nitrogens is 2. The number of carbonyl (C=O) groups is 1. The molecular weight excluding hydrogens is 448 g/mol. The van der Waals surface area contributed by atoms with Gasteiger partial charge in [-0.15, -0.1) is 0 Å². The number of hydrogen-bond acceptors (Lipinski definition) is 7. The van der Waals surface area contributed by atoms with E-state index < -0.39 is 0 Å². The van der Waals surface area contributed by atoms with Crippen LogP contribution in [0, 0.1) is 6.92 Å². The van der Waals surface area contributed by atoms with Crippen LogP contribution in [-0.2, 0) is 30.8 Å². The molecule has 1 N–H and O–H groups in total. The summed E-state index contributed by atoms with van der Waals surface area (Å²) < 4.78 is 17.4. The molecule has 0 saturated heterocycles. The summed E-state index contributed by atoms with van der Waals surface area (Å²) in [5, 5.41) is 2.81. The molecule has 2 aromatic carbocycles. The smallest absolute Gasteiger partial charge is 0.257 e. The Balaban J connectivity index is 1.50. The average molecular weight is 479 g/mol. The van der Waals surface area contributed by atoms with E-state index in [0.29, 0.717) is 47.3 Å². The van der Waals surface area contributed by atoms with E-state index in [-0.39, 0.29) is 18.0 Å². The number of nitrogens with one attached hydrogen (secondary N) is 1. The Hall–Kier alpha value is -3.85. The number of rotatable bonds is 8. The summed E-state index contributed by atoms with van der Waals surface area (Å²) in [7, 11) is 4.52. The van der Waals surface area contributed by atoms with Crippen LogP contribution in [0.3, 0.4) is 0 Å². The maximum absolute atomic E-state index is 13.2. The first kappa shape index (κ1) is 24.3. The summed E-state index contributed by atoms with van der Waals surface area (Å²) >= 11 is 0. The third-order valence-corrected chi connectivity index (χ3v) is 6.09. The first-order valence-electron chi connectivity index (χ1n) is 11.4. The summed E-state index contributed by atoms with van der Waals surface area (Å²) in [6, 6.07) is 13.5. The molecule has 35 heavy (non-hydrogen) atoms. The van der Waals surface area contributed by atoms with Crippen LogP contribution in [0.2, 0.25) is 0 Å². The number of nitrogens with zero attached hydrogens (tertiary/aromatic N) is 3. The summed E-state index contributed by atoms with van der Waals surface area (Å²) in [5.41, 5.74) is 3.01. The van der Waals surface area contributed by atoms with E-state index in [0.717, 1.165) is 18.8 Å². The Morgan fingerprint density at radius 2 is 1.74 bits per heavy atom. The van der Waals surface area contributed by atoms with E-state index in [1.807, 2.05) is 18.2 Å². The van der Waals surface area contributed by atoms with Crippen LogP contribution in [0.25, 0.3) is 0 Å². The molecule has 0 radical (unpaired) electrons. The maximum atomic E-state index is 13.2. The van der Waals surface area contributed by atoms with Crippen molar-refractivity contribution in [1.82, 2.24) is 14.5 Å². The van der Waals surface area contributed by atoms with Crippen molar-refractivity contribution in [3.05, 3.63) is 75.5 Å². The molecule has 1 aromatic heterocycles. The second kappa shape index (κ2) is 10.6. The Labute approximate surface area is 204 Å². The molecule has 1 aliphatic heterocycles. The highest BCUT2D eigenvalue weighted by atomic mass is 16.5. The molecule has 1 aliphatic rings. The van der Waals surface area contributed by atoms with Crippen molar-refractivity contribution in [1.29, 1.82) is 0 Å². The molecule has 0 bridgehead atoms. The van der Waals surface area contributed by atoms with Gasteiger partial charge < -0.3 is 19.5 Å². The fraction of sp³-hybridized carbons (Fsp3) is 0.346. The van der Waals surface area contributed by atoms with E-state index in [1.54, 1.807) is 19.1 Å². The molecule has 0 saturated carbocycles. The average Bonchev–Trinajstić information content (AvgIpc) is 2.86. The van der Waals surface area contributed by atoms with Crippen LogP contribution in [0.4, 0.5) is 5.69 Å². The largest absolute Gasteiger partial charge is 0.493 e. The summed E-state index contributed by atoms with van der Waals surface area (Å²) in [4.78, 5) is 33.1. The van der Waals surface area contributed by atoms with Crippen LogP contribution in [0.5, 0.6) is 17.2 Å². The predicted octanol–water partition coefficient (Wildman–Crippen LogP) is 2.77. The number of hydrogen-bond donors (Lipinski definition) is 1. The Kier molecular flexibility index (Phi) is 7.36. The van der Waals surface area contributed by atoms with Crippen molar-refractivity contribution in [2.45, 2.75) is 33.0 Å². The second-order valence-corrected chi connectivity index (χ2v) is 8.38. The van der Waals surface area contributed by atoms with E-state index in [2.05, 4.69) is 27.3 Å². The third-order valence-electron chi connectivity index (χ3n) is 6.09. The standard InChI is InChI=1S/C26H30N4O5/c1-17-27-21-15-29(14-18-8-6-5-7-9-18)11-10-20(21)26(32)30(17)16-24(31)28-19-12-22(33-2)25(35-4)23(13-19)34-3/h5-9,12-13H,10-11,14-16H2,1-4H3,(H,28,31). The summed E-state index contributed by atoms with van der Waals surface area (Å²) in [6.45, 7) is 3.79. The molecule has 184 valence electrons. The van der Waals surface area contributed by atoms with E-state index in [4.69, 9.17) is 14.2 Å². The van der Waals surface area contributed by atoms with E-state index in [1.165, 1.54) is 31.5 Å². The van der Waals surface area contributed by atoms with Crippen molar-refractivity contribution >= 4 is 11.6 Å². The number of methoxy groups -OCH3 is 3. The van der Waals surface area contributed by atoms with Gasteiger partial charge in [0, 0.05) is 43.0 Å². The lowest BCUT2D eigenvalue weighted by Gasteiger charge is -2.28. The highest BCUT2D eigenvalue weighted by molar-refractivity contribution is 5.91. The molecule has 0 aliphatic carbocycles. The van der Waals surface area contributed by atoms with Crippen molar-refractivity contribution < 1.29 is 19.0 Å². The molecule has 0 fully saturated rings. The van der Waals surface area contributed by atoms with Crippen LogP contribution in [0.15, 0.2) is 47.3 Å². The molecule has 9 nitrogen and oxygen atoms in total. The summed E-state index contributed by atoms with van der Waals surface area (Å²) in [5.74, 6) is 1.43. The summed E-state index contributed by atoms with van der Waals surface area (Å²) in [6.07, 6.45) is 0.600. The quantitative estimate of drug-likeness (QED) is 0.532. The zero-order valence-electron chi connectivity index (χ0n) is 20.5. The first-order chi connectivity index (χ1) is 16.9. The number of anilines is 1. The Morgan fingerprint density at radius 1 is 1.06 bits per heavy atom. The topological polar surface area (TPSA) is 94.9 Å². The molecule has 1 amide bonds. The fourth-order valence-corrected chi connectivity index (χ4v) is 4.36. The van der Waals surface area contributed by atoms with Crippen molar-refractivity contribution in [2.75, 3.05) is 33.2 Å². The van der Waals surface area contributed by atoms with Gasteiger partial charge in [-0.3, -0.25) is 19.1 Å². The zero-order valence-corrected chi connectivity index (χ0v) is 20.5. The van der Waals surface area contributed by atoms with Gasteiger partial charge in [-0.1, -0.05) is 30.3 Å². The zero-order chi connectivity index (χ0) is 24.9. The van der Waals surface area contributed by atoms with Gasteiger partial charge in [0.25, 0.3) is 5.56 Å². The van der Waals surface area contributed by atoms with Gasteiger partial charge in [-0.2, -0.15) is 0 Å². The van der Waals surface area contributed by atoms with E-state index in [9.17, 15) is 9.59 Å². The molecule has 9 heteroatoms. The molecule has 4 rings (SSSR count). The van der Waals surface area contributed by atoms with Crippen molar-refractivity contribution in [3.8, 4) is 17.2 Å². The molecule has 0 unspecified atom stereocenters. The minimum atomic E-state index is -0.354. The van der Waals surface area contributed by atoms with Crippen molar-refractivity contribution in [2.24, 2.45) is 0 Å². The fourth-order valence-electron chi connectivity index (χ4n) is 4.36. The Bertz CT molecular complexity index is 1250. The van der Waals surface area contributed by atoms with Crippen LogP contribution < -0.4 is 25.1 Å². The third kappa shape index (κ3) is 5.30. The molecule has 2 heterocycles. The number of carbonyl (C=O) groups excluding carboxylic acids is 1. The normalized spacial score (nSPS) is 13.1. The predicted molar refractivity (Wildman–Crippen MR) is 132 cm³/mol. The van der Waals surface area contributed by atoms with Crippen LogP contribution in [-0.4, -0.2) is 48.2 Å². The van der Waals surface area contributed by atoms with Gasteiger partial charge in [0.05, 0.1) is 27.0 Å². The monoisotopic (exact) mass is 478 g/mol. The lowest BCUT2D eigenvalue weighted by atomic mass is 10.1. The number of amides is 1. The number of benzene rings is 2. The van der Waals surface area contributed by atoms with Gasteiger partial charge in [-0.05, 0) is 18.9 Å². The first-order valence-corrected chi connectivity index (χ1v) is 11.4. The SMILES string of the molecule is COc1cc(NC(=O)Cn2c(C)nc3c(c2=O)CCN(Cc2ccccc2)C3)cc(OC)c1OC. The highest BCUT2D eigenvalue weighted by Crippen LogP contribution is 2.39. The number of aryl methyl sites for hydroxylation is 1.